The van der Waals surface area contributed by atoms with Crippen LogP contribution in [0.1, 0.15) is 47.1 Å². The largest absolute Gasteiger partial charge is 0.406 e. The first-order valence-corrected chi connectivity index (χ1v) is 9.42. The van der Waals surface area contributed by atoms with E-state index in [1.165, 1.54) is 11.1 Å². The van der Waals surface area contributed by atoms with E-state index in [0.717, 1.165) is 5.70 Å². The van der Waals surface area contributed by atoms with E-state index in [-0.39, 0.29) is 10.1 Å². The van der Waals surface area contributed by atoms with Gasteiger partial charge in [-0.3, -0.25) is 0 Å². The zero-order valence-corrected chi connectivity index (χ0v) is 14.7. The highest BCUT2D eigenvalue weighted by atomic mass is 28.3. The van der Waals surface area contributed by atoms with Crippen LogP contribution in [0.4, 0.5) is 0 Å². The molecule has 1 aromatic carbocycles. The van der Waals surface area contributed by atoms with Gasteiger partial charge in [0.2, 0.25) is 0 Å². The highest BCUT2D eigenvalue weighted by Gasteiger charge is 2.55. The Morgan fingerprint density at radius 2 is 1.40 bits per heavy atom. The van der Waals surface area contributed by atoms with Crippen LogP contribution in [0.5, 0.6) is 0 Å². The molecule has 0 aromatic heterocycles. The zero-order valence-electron chi connectivity index (χ0n) is 13.7. The van der Waals surface area contributed by atoms with E-state index >= 15 is 0 Å². The molecular weight excluding hydrogens is 258 g/mol. The maximum atomic E-state index is 4.29. The number of rotatable bonds is 1. The second kappa shape index (κ2) is 4.63. The van der Waals surface area contributed by atoms with E-state index in [9.17, 15) is 0 Å². The van der Waals surface area contributed by atoms with Crippen molar-refractivity contribution >= 4 is 13.8 Å². The molecule has 0 bridgehead atoms. The molecule has 0 fully saturated rings. The molecule has 0 radical (unpaired) electrons. The Kier molecular flexibility index (Phi) is 3.50. The van der Waals surface area contributed by atoms with Crippen molar-refractivity contribution in [2.45, 2.75) is 51.6 Å². The van der Waals surface area contributed by atoms with E-state index in [1.54, 1.807) is 0 Å². The van der Waals surface area contributed by atoms with E-state index in [0.29, 0.717) is 0 Å². The fraction of sp³-hybridized carbons (Fsp3) is 0.444. The summed E-state index contributed by atoms with van der Waals surface area (Å²) in [5.41, 5.74) is 6.19. The van der Waals surface area contributed by atoms with Gasteiger partial charge in [-0.2, -0.15) is 0 Å². The minimum Gasteiger partial charge on any atom is -0.406 e. The third kappa shape index (κ3) is 2.26. The van der Waals surface area contributed by atoms with Gasteiger partial charge in [-0.25, -0.2) is 0 Å². The summed E-state index contributed by atoms with van der Waals surface area (Å²) in [6, 6.07) is 10.6. The molecule has 1 aliphatic heterocycles. The summed E-state index contributed by atoms with van der Waals surface area (Å²) in [5.74, 6) is 0. The van der Waals surface area contributed by atoms with Crippen molar-refractivity contribution in [1.82, 2.24) is 4.98 Å². The van der Waals surface area contributed by atoms with Gasteiger partial charge in [-0.05, 0) is 21.2 Å². The van der Waals surface area contributed by atoms with Crippen LogP contribution in [0.2, 0.25) is 10.1 Å². The van der Waals surface area contributed by atoms with Gasteiger partial charge in [-0.1, -0.05) is 84.2 Å². The fourth-order valence-corrected chi connectivity index (χ4v) is 8.78. The van der Waals surface area contributed by atoms with Gasteiger partial charge in [-0.15, -0.1) is 0 Å². The standard InChI is InChI=1S/C18H27NSi/c1-14-16(15-11-9-8-10-12-15)13-20(19-14,17(2,3)4)18(5,6)7/h8-13,19H,1H2,2-7H3. The molecular formula is C18H27NSi. The van der Waals surface area contributed by atoms with Crippen molar-refractivity contribution in [1.29, 1.82) is 0 Å². The van der Waals surface area contributed by atoms with E-state index in [4.69, 9.17) is 0 Å². The molecule has 1 heterocycles. The lowest BCUT2D eigenvalue weighted by atomic mass is 10.1. The molecule has 1 N–H and O–H groups in total. The van der Waals surface area contributed by atoms with Crippen molar-refractivity contribution in [3.8, 4) is 0 Å². The van der Waals surface area contributed by atoms with Gasteiger partial charge in [0.1, 0.15) is 0 Å². The molecule has 0 unspecified atom stereocenters. The molecule has 1 aromatic rings. The first kappa shape index (κ1) is 15.1. The number of benzene rings is 1. The number of allylic oxidation sites excluding steroid dienone is 1. The van der Waals surface area contributed by atoms with Crippen LogP contribution in [0.15, 0.2) is 48.3 Å². The molecule has 0 aliphatic carbocycles. The van der Waals surface area contributed by atoms with Crippen LogP contribution in [-0.4, -0.2) is 8.24 Å². The minimum absolute atomic E-state index is 0.241. The molecule has 2 rings (SSSR count). The van der Waals surface area contributed by atoms with Crippen molar-refractivity contribution in [2.24, 2.45) is 0 Å². The third-order valence-electron chi connectivity index (χ3n) is 4.48. The molecule has 0 saturated heterocycles. The average Bonchev–Trinajstić information content (AvgIpc) is 2.68. The van der Waals surface area contributed by atoms with Crippen molar-refractivity contribution < 1.29 is 0 Å². The first-order chi connectivity index (χ1) is 9.08. The van der Waals surface area contributed by atoms with Crippen LogP contribution in [0, 0.1) is 0 Å². The fourth-order valence-electron chi connectivity index (χ4n) is 3.45. The van der Waals surface area contributed by atoms with Gasteiger partial charge < -0.3 is 4.98 Å². The maximum absolute atomic E-state index is 4.29. The second-order valence-electron chi connectivity index (χ2n) is 7.84. The Morgan fingerprint density at radius 3 is 1.80 bits per heavy atom. The molecule has 20 heavy (non-hydrogen) atoms. The molecule has 1 nitrogen and oxygen atoms in total. The van der Waals surface area contributed by atoms with Crippen molar-refractivity contribution in [3.05, 3.63) is 53.9 Å². The Morgan fingerprint density at radius 1 is 0.900 bits per heavy atom. The molecule has 0 saturated carbocycles. The molecule has 0 atom stereocenters. The minimum atomic E-state index is -1.86. The number of hydrogen-bond donors (Lipinski definition) is 1. The normalized spacial score (nSPS) is 18.7. The van der Waals surface area contributed by atoms with Gasteiger partial charge in [0.15, 0.2) is 8.24 Å². The lowest BCUT2D eigenvalue weighted by Crippen LogP contribution is -2.59. The summed E-state index contributed by atoms with van der Waals surface area (Å²) in [7, 11) is -1.86. The van der Waals surface area contributed by atoms with Gasteiger partial charge >= 0.3 is 0 Å². The Bertz CT molecular complexity index is 527. The highest BCUT2D eigenvalue weighted by molar-refractivity contribution is 6.89. The smallest absolute Gasteiger partial charge is 0.189 e. The molecule has 1 aliphatic rings. The number of nitrogens with one attached hydrogen (secondary N) is 1. The molecule has 108 valence electrons. The van der Waals surface area contributed by atoms with E-state index in [1.807, 2.05) is 0 Å². The third-order valence-corrected chi connectivity index (χ3v) is 10.6. The van der Waals surface area contributed by atoms with Crippen LogP contribution < -0.4 is 4.98 Å². The lowest BCUT2D eigenvalue weighted by Gasteiger charge is -2.48. The SMILES string of the molecule is C=C1N[Si](C(C)(C)C)(C(C)(C)C)C=C1c1ccccc1. The van der Waals surface area contributed by atoms with Crippen molar-refractivity contribution in [3.63, 3.8) is 0 Å². The summed E-state index contributed by atoms with van der Waals surface area (Å²) >= 11 is 0. The maximum Gasteiger partial charge on any atom is 0.189 e. The van der Waals surface area contributed by atoms with Crippen LogP contribution in [0.25, 0.3) is 5.57 Å². The first-order valence-electron chi connectivity index (χ1n) is 7.34. The second-order valence-corrected chi connectivity index (χ2v) is 13.0. The van der Waals surface area contributed by atoms with Crippen LogP contribution in [0.3, 0.4) is 0 Å². The summed E-state index contributed by atoms with van der Waals surface area (Å²) in [6.07, 6.45) is 0. The average molecular weight is 286 g/mol. The molecule has 0 amide bonds. The summed E-state index contributed by atoms with van der Waals surface area (Å²) in [6.45, 7) is 18.4. The van der Waals surface area contributed by atoms with Gasteiger partial charge in [0.25, 0.3) is 0 Å². The number of hydrogen-bond acceptors (Lipinski definition) is 1. The summed E-state index contributed by atoms with van der Waals surface area (Å²) < 4.78 is 0. The predicted octanol–water partition coefficient (Wildman–Crippen LogP) is 5.27. The van der Waals surface area contributed by atoms with Crippen LogP contribution in [-0.2, 0) is 0 Å². The van der Waals surface area contributed by atoms with Gasteiger partial charge in [0, 0.05) is 5.70 Å². The molecule has 2 heteroatoms. The van der Waals surface area contributed by atoms with Crippen LogP contribution >= 0.6 is 0 Å². The zero-order chi connectivity index (χ0) is 15.2. The van der Waals surface area contributed by atoms with Crippen molar-refractivity contribution in [2.75, 3.05) is 0 Å². The topological polar surface area (TPSA) is 12.0 Å². The summed E-state index contributed by atoms with van der Waals surface area (Å²) in [5, 5.41) is 0.482. The highest BCUT2D eigenvalue weighted by Crippen LogP contribution is 2.54. The van der Waals surface area contributed by atoms with E-state index in [2.05, 4.69) is 89.1 Å². The predicted molar refractivity (Wildman–Crippen MR) is 91.9 cm³/mol. The lowest BCUT2D eigenvalue weighted by molar-refractivity contribution is 0.608. The monoisotopic (exact) mass is 285 g/mol. The quantitative estimate of drug-likeness (QED) is 0.693. The Hall–Kier alpha value is -1.28. The van der Waals surface area contributed by atoms with E-state index < -0.39 is 8.24 Å². The summed E-state index contributed by atoms with van der Waals surface area (Å²) in [4.78, 5) is 3.85. The molecule has 0 spiro atoms. The Labute approximate surface area is 124 Å². The Balaban J connectivity index is 2.60. The van der Waals surface area contributed by atoms with Gasteiger partial charge in [0.05, 0.1) is 0 Å².